The van der Waals surface area contributed by atoms with Gasteiger partial charge in [-0.3, -0.25) is 0 Å². The van der Waals surface area contributed by atoms with Gasteiger partial charge in [-0.1, -0.05) is 54.9 Å². The average Bonchev–Trinajstić information content (AvgIpc) is 2.53. The molecular formula is C19H20O4Si. The van der Waals surface area contributed by atoms with Gasteiger partial charge in [0.2, 0.25) is 0 Å². The van der Waals surface area contributed by atoms with E-state index in [4.69, 9.17) is 0 Å². The van der Waals surface area contributed by atoms with Gasteiger partial charge in [-0.15, -0.1) is 0 Å². The topological polar surface area (TPSA) is 74.6 Å². The van der Waals surface area contributed by atoms with Gasteiger partial charge in [-0.2, -0.15) is 0 Å². The Morgan fingerprint density at radius 1 is 0.792 bits per heavy atom. The van der Waals surface area contributed by atoms with Crippen molar-refractivity contribution in [3.05, 3.63) is 70.8 Å². The minimum absolute atomic E-state index is 0.378. The number of rotatable bonds is 6. The molecule has 4 nitrogen and oxygen atoms in total. The maximum absolute atomic E-state index is 11.5. The molecule has 0 atom stereocenters. The molecule has 0 radical (unpaired) electrons. The van der Waals surface area contributed by atoms with Gasteiger partial charge < -0.3 is 10.2 Å². The predicted octanol–water partition coefficient (Wildman–Crippen LogP) is 3.80. The van der Waals surface area contributed by atoms with Crippen molar-refractivity contribution in [2.75, 3.05) is 0 Å². The van der Waals surface area contributed by atoms with Crippen molar-refractivity contribution in [2.24, 2.45) is 0 Å². The molecule has 0 unspecified atom stereocenters. The van der Waals surface area contributed by atoms with E-state index in [2.05, 4.69) is 0 Å². The third-order valence-corrected chi connectivity index (χ3v) is 10.1. The van der Waals surface area contributed by atoms with Gasteiger partial charge in [-0.05, 0) is 35.3 Å². The van der Waals surface area contributed by atoms with Gasteiger partial charge in [0, 0.05) is 0 Å². The molecule has 1 aliphatic heterocycles. The van der Waals surface area contributed by atoms with Gasteiger partial charge in [-0.25, -0.2) is 9.59 Å². The van der Waals surface area contributed by atoms with Crippen LogP contribution in [0, 0.1) is 0 Å². The third kappa shape index (κ3) is 3.26. The van der Waals surface area contributed by atoms with Crippen LogP contribution in [0.4, 0.5) is 0 Å². The molecule has 24 heavy (non-hydrogen) atoms. The number of carbonyl (C=O) groups is 2. The normalized spacial score (nSPS) is 15.5. The fourth-order valence-corrected chi connectivity index (χ4v) is 8.09. The number of benzene rings is 2. The van der Waals surface area contributed by atoms with Crippen LogP contribution in [0.25, 0.3) is 0 Å². The van der Waals surface area contributed by atoms with Gasteiger partial charge in [0.05, 0.1) is 19.2 Å². The van der Waals surface area contributed by atoms with E-state index < -0.39 is 20.0 Å². The zero-order valence-electron chi connectivity index (χ0n) is 13.4. The molecule has 0 saturated carbocycles. The summed E-state index contributed by atoms with van der Waals surface area (Å²) in [5.41, 5.74) is 2.54. The van der Waals surface area contributed by atoms with E-state index in [0.717, 1.165) is 41.7 Å². The van der Waals surface area contributed by atoms with Crippen LogP contribution in [0.5, 0.6) is 0 Å². The quantitative estimate of drug-likeness (QED) is 0.784. The highest BCUT2D eigenvalue weighted by Crippen LogP contribution is 2.39. The van der Waals surface area contributed by atoms with Crippen LogP contribution in [0.15, 0.2) is 48.5 Å². The summed E-state index contributed by atoms with van der Waals surface area (Å²) in [4.78, 5) is 22.9. The number of carboxylic acid groups (broad SMARTS) is 2. The van der Waals surface area contributed by atoms with Crippen LogP contribution >= 0.6 is 0 Å². The molecule has 124 valence electrons. The highest BCUT2D eigenvalue weighted by Gasteiger charge is 2.40. The molecule has 3 rings (SSSR count). The second-order valence-corrected chi connectivity index (χ2v) is 11.3. The summed E-state index contributed by atoms with van der Waals surface area (Å²) in [5, 5.41) is 18.8. The number of aromatic carboxylic acids is 2. The molecule has 0 amide bonds. The van der Waals surface area contributed by atoms with Crippen molar-refractivity contribution in [2.45, 2.75) is 30.6 Å². The van der Waals surface area contributed by atoms with Crippen LogP contribution in [-0.4, -0.2) is 30.2 Å². The van der Waals surface area contributed by atoms with E-state index >= 15 is 0 Å². The van der Waals surface area contributed by atoms with Crippen molar-refractivity contribution in [1.82, 2.24) is 0 Å². The van der Waals surface area contributed by atoms with E-state index in [0.29, 0.717) is 11.1 Å². The Morgan fingerprint density at radius 3 is 1.54 bits per heavy atom. The Bertz CT molecular complexity index is 719. The van der Waals surface area contributed by atoms with E-state index in [1.165, 1.54) is 0 Å². The molecule has 2 N–H and O–H groups in total. The van der Waals surface area contributed by atoms with E-state index in [1.54, 1.807) is 24.3 Å². The summed E-state index contributed by atoms with van der Waals surface area (Å²) in [6.07, 6.45) is 1.16. The standard InChI is InChI=1S/C19H20O4Si/c20-18(21)16-8-3-1-6-14(16)12-24(10-5-11-24)13-15-7-2-4-9-17(15)19(22)23/h1-4,6-9H,5,10-13H2,(H,20,21)(H,22,23). The molecule has 1 heterocycles. The number of hydrogen-bond acceptors (Lipinski definition) is 2. The fraction of sp³-hybridized carbons (Fsp3) is 0.263. The van der Waals surface area contributed by atoms with Crippen LogP contribution < -0.4 is 0 Å². The first-order valence-corrected chi connectivity index (χ1v) is 11.0. The van der Waals surface area contributed by atoms with Crippen molar-refractivity contribution < 1.29 is 19.8 Å². The lowest BCUT2D eigenvalue weighted by Gasteiger charge is -2.41. The summed E-state index contributed by atoms with van der Waals surface area (Å²) in [6, 6.07) is 18.3. The first kappa shape index (κ1) is 16.5. The highest BCUT2D eigenvalue weighted by atomic mass is 28.3. The second-order valence-electron chi connectivity index (χ2n) is 6.63. The van der Waals surface area contributed by atoms with Gasteiger partial charge in [0.15, 0.2) is 0 Å². The molecule has 0 aromatic heterocycles. The highest BCUT2D eigenvalue weighted by molar-refractivity contribution is 6.81. The Kier molecular flexibility index (Phi) is 4.53. The average molecular weight is 340 g/mol. The monoisotopic (exact) mass is 340 g/mol. The molecule has 1 saturated heterocycles. The Labute approximate surface area is 141 Å². The molecule has 0 aliphatic carbocycles. The summed E-state index contributed by atoms with van der Waals surface area (Å²) in [6.45, 7) is 0. The maximum atomic E-state index is 11.5. The van der Waals surface area contributed by atoms with Crippen molar-refractivity contribution in [3.8, 4) is 0 Å². The Morgan fingerprint density at radius 2 is 1.21 bits per heavy atom. The molecule has 2 aromatic rings. The first-order valence-electron chi connectivity index (χ1n) is 8.13. The summed E-state index contributed by atoms with van der Waals surface area (Å²) >= 11 is 0. The SMILES string of the molecule is O=C(O)c1ccccc1C[Si]1(Cc2ccccc2C(=O)O)CCC1. The van der Waals surface area contributed by atoms with Gasteiger partial charge in [0.25, 0.3) is 0 Å². The molecule has 0 spiro atoms. The van der Waals surface area contributed by atoms with Crippen LogP contribution in [0.1, 0.15) is 38.3 Å². The molecule has 0 bridgehead atoms. The fourth-order valence-electron chi connectivity index (χ4n) is 3.67. The zero-order valence-corrected chi connectivity index (χ0v) is 14.4. The van der Waals surface area contributed by atoms with E-state index in [9.17, 15) is 19.8 Å². The van der Waals surface area contributed by atoms with Gasteiger partial charge in [0.1, 0.15) is 0 Å². The summed E-state index contributed by atoms with van der Waals surface area (Å²) < 4.78 is 0. The molecular weight excluding hydrogens is 320 g/mol. The van der Waals surface area contributed by atoms with Crippen molar-refractivity contribution >= 4 is 20.0 Å². The lowest BCUT2D eigenvalue weighted by atomic mass is 10.1. The zero-order chi connectivity index (χ0) is 17.2. The first-order chi connectivity index (χ1) is 11.5. The van der Waals surface area contributed by atoms with Crippen LogP contribution in [0.2, 0.25) is 12.1 Å². The lowest BCUT2D eigenvalue weighted by molar-refractivity contribution is 0.0685. The van der Waals surface area contributed by atoms with E-state index in [1.807, 2.05) is 24.3 Å². The Balaban J connectivity index is 1.89. The lowest BCUT2D eigenvalue weighted by Crippen LogP contribution is -2.47. The van der Waals surface area contributed by atoms with Crippen LogP contribution in [-0.2, 0) is 12.1 Å². The van der Waals surface area contributed by atoms with Crippen molar-refractivity contribution in [1.29, 1.82) is 0 Å². The molecule has 1 fully saturated rings. The second kappa shape index (κ2) is 6.61. The summed E-state index contributed by atoms with van der Waals surface area (Å²) in [5.74, 6) is -1.78. The third-order valence-electron chi connectivity index (χ3n) is 5.04. The number of hydrogen-bond donors (Lipinski definition) is 2. The molecule has 1 aliphatic rings. The Hall–Kier alpha value is -2.40. The largest absolute Gasteiger partial charge is 0.478 e. The summed E-state index contributed by atoms with van der Waals surface area (Å²) in [7, 11) is -1.71. The number of carboxylic acids is 2. The minimum atomic E-state index is -1.71. The van der Waals surface area contributed by atoms with Gasteiger partial charge >= 0.3 is 11.9 Å². The molecule has 2 aromatic carbocycles. The van der Waals surface area contributed by atoms with E-state index in [-0.39, 0.29) is 0 Å². The molecule has 5 heteroatoms. The van der Waals surface area contributed by atoms with Crippen LogP contribution in [0.3, 0.4) is 0 Å². The minimum Gasteiger partial charge on any atom is -0.478 e. The maximum Gasteiger partial charge on any atom is 0.335 e. The van der Waals surface area contributed by atoms with Crippen molar-refractivity contribution in [3.63, 3.8) is 0 Å². The smallest absolute Gasteiger partial charge is 0.335 e. The predicted molar refractivity (Wildman–Crippen MR) is 94.2 cm³/mol.